The van der Waals surface area contributed by atoms with Crippen molar-refractivity contribution in [1.29, 1.82) is 0 Å². The molecule has 0 aliphatic heterocycles. The molecule has 0 heterocycles. The van der Waals surface area contributed by atoms with E-state index in [1.54, 1.807) is 13.8 Å². The van der Waals surface area contributed by atoms with E-state index < -0.39 is 16.6 Å². The highest BCUT2D eigenvalue weighted by atomic mass is 35.5. The summed E-state index contributed by atoms with van der Waals surface area (Å²) in [6, 6.07) is 0. The van der Waals surface area contributed by atoms with E-state index in [0.717, 1.165) is 12.8 Å². The van der Waals surface area contributed by atoms with Gasteiger partial charge in [0.1, 0.15) is 5.41 Å². The zero-order chi connectivity index (χ0) is 14.3. The highest BCUT2D eigenvalue weighted by molar-refractivity contribution is 6.66. The Hall–Kier alpha value is -0.570. The third-order valence-corrected chi connectivity index (χ3v) is 3.79. The number of halogens is 1. The molecule has 0 rings (SSSR count). The summed E-state index contributed by atoms with van der Waals surface area (Å²) in [5.41, 5.74) is -1.17. The lowest BCUT2D eigenvalue weighted by atomic mass is 9.84. The van der Waals surface area contributed by atoms with E-state index >= 15 is 0 Å². The molecule has 0 aliphatic carbocycles. The van der Waals surface area contributed by atoms with Gasteiger partial charge in [-0.25, -0.2) is 0 Å². The standard InChI is InChI=1S/C14H25ClO3/c1-6-14(7-2,12(15)16)13(17)18-11(5)9-8-10(3)4/h10-11H,6-9H2,1-5H3. The molecule has 3 nitrogen and oxygen atoms in total. The Labute approximate surface area is 115 Å². The van der Waals surface area contributed by atoms with Crippen molar-refractivity contribution < 1.29 is 14.3 Å². The summed E-state index contributed by atoms with van der Waals surface area (Å²) in [7, 11) is 0. The molecule has 0 N–H and O–H groups in total. The molecule has 1 atom stereocenters. The summed E-state index contributed by atoms with van der Waals surface area (Å²) >= 11 is 5.57. The summed E-state index contributed by atoms with van der Waals surface area (Å²) < 4.78 is 5.37. The average molecular weight is 277 g/mol. The Kier molecular flexibility index (Phi) is 7.53. The molecule has 0 saturated heterocycles. The normalized spacial score (nSPS) is 13.5. The molecule has 0 bridgehead atoms. The van der Waals surface area contributed by atoms with Gasteiger partial charge in [-0.3, -0.25) is 9.59 Å². The first-order chi connectivity index (χ1) is 8.30. The fourth-order valence-electron chi connectivity index (χ4n) is 1.82. The summed E-state index contributed by atoms with van der Waals surface area (Å²) in [6.45, 7) is 9.67. The van der Waals surface area contributed by atoms with Crippen LogP contribution in [0.1, 0.15) is 60.3 Å². The van der Waals surface area contributed by atoms with Gasteiger partial charge in [0.05, 0.1) is 6.10 Å². The van der Waals surface area contributed by atoms with Gasteiger partial charge in [0.15, 0.2) is 0 Å². The Morgan fingerprint density at radius 3 is 1.94 bits per heavy atom. The quantitative estimate of drug-likeness (QED) is 0.383. The monoisotopic (exact) mass is 276 g/mol. The molecule has 4 heteroatoms. The lowest BCUT2D eigenvalue weighted by Gasteiger charge is -2.27. The van der Waals surface area contributed by atoms with Crippen LogP contribution in [0.4, 0.5) is 0 Å². The van der Waals surface area contributed by atoms with Gasteiger partial charge in [0, 0.05) is 0 Å². The SMILES string of the molecule is CCC(CC)(C(=O)Cl)C(=O)OC(C)CCC(C)C. The number of hydrogen-bond donors (Lipinski definition) is 0. The molecule has 0 aromatic carbocycles. The molecule has 0 aromatic rings. The third-order valence-electron chi connectivity index (χ3n) is 3.43. The first kappa shape index (κ1) is 17.4. The maximum atomic E-state index is 12.1. The number of rotatable bonds is 8. The van der Waals surface area contributed by atoms with Crippen LogP contribution in [0.5, 0.6) is 0 Å². The Morgan fingerprint density at radius 2 is 1.61 bits per heavy atom. The molecular formula is C14H25ClO3. The molecule has 0 radical (unpaired) electrons. The fraction of sp³-hybridized carbons (Fsp3) is 0.857. The zero-order valence-electron chi connectivity index (χ0n) is 12.1. The van der Waals surface area contributed by atoms with Crippen LogP contribution in [0.3, 0.4) is 0 Å². The van der Waals surface area contributed by atoms with E-state index in [9.17, 15) is 9.59 Å². The van der Waals surface area contributed by atoms with E-state index in [1.807, 2.05) is 6.92 Å². The van der Waals surface area contributed by atoms with Crippen LogP contribution in [0.2, 0.25) is 0 Å². The topological polar surface area (TPSA) is 43.4 Å². The maximum absolute atomic E-state index is 12.1. The van der Waals surface area contributed by atoms with Crippen LogP contribution in [0, 0.1) is 11.3 Å². The summed E-state index contributed by atoms with van der Waals surface area (Å²) in [5, 5.41) is -0.617. The van der Waals surface area contributed by atoms with Crippen LogP contribution in [-0.4, -0.2) is 17.3 Å². The molecule has 0 spiro atoms. The third kappa shape index (κ3) is 4.60. The number of hydrogen-bond acceptors (Lipinski definition) is 3. The summed E-state index contributed by atoms with van der Waals surface area (Å²) in [4.78, 5) is 23.6. The highest BCUT2D eigenvalue weighted by Crippen LogP contribution is 2.31. The van der Waals surface area contributed by atoms with E-state index in [4.69, 9.17) is 16.3 Å². The summed E-state index contributed by atoms with van der Waals surface area (Å²) in [5.74, 6) is 0.0895. The number of carbonyl (C=O) groups excluding carboxylic acids is 2. The van der Waals surface area contributed by atoms with E-state index in [1.165, 1.54) is 0 Å². The number of ether oxygens (including phenoxy) is 1. The van der Waals surface area contributed by atoms with Crippen molar-refractivity contribution in [2.45, 2.75) is 66.4 Å². The van der Waals surface area contributed by atoms with Crippen LogP contribution in [0.25, 0.3) is 0 Å². The van der Waals surface area contributed by atoms with Crippen LogP contribution in [-0.2, 0) is 14.3 Å². The second kappa shape index (κ2) is 7.78. The van der Waals surface area contributed by atoms with Gasteiger partial charge in [-0.15, -0.1) is 0 Å². The molecule has 0 fully saturated rings. The van der Waals surface area contributed by atoms with Gasteiger partial charge in [-0.2, -0.15) is 0 Å². The van der Waals surface area contributed by atoms with E-state index in [2.05, 4.69) is 13.8 Å². The Bertz CT molecular complexity index is 283. The van der Waals surface area contributed by atoms with Crippen molar-refractivity contribution >= 4 is 22.8 Å². The number of carbonyl (C=O) groups is 2. The van der Waals surface area contributed by atoms with Crippen LogP contribution < -0.4 is 0 Å². The highest BCUT2D eigenvalue weighted by Gasteiger charge is 2.43. The molecule has 0 aliphatic rings. The largest absolute Gasteiger partial charge is 0.462 e. The Morgan fingerprint density at radius 1 is 1.11 bits per heavy atom. The minimum atomic E-state index is -1.17. The second-order valence-electron chi connectivity index (χ2n) is 5.25. The molecule has 0 saturated carbocycles. The van der Waals surface area contributed by atoms with Crippen LogP contribution >= 0.6 is 11.6 Å². The fourth-order valence-corrected chi connectivity index (χ4v) is 2.16. The molecule has 1 unspecified atom stereocenters. The van der Waals surface area contributed by atoms with Gasteiger partial charge >= 0.3 is 5.97 Å². The van der Waals surface area contributed by atoms with Crippen LogP contribution in [0.15, 0.2) is 0 Å². The minimum Gasteiger partial charge on any atom is -0.462 e. The first-order valence-electron chi connectivity index (χ1n) is 6.71. The van der Waals surface area contributed by atoms with Gasteiger partial charge < -0.3 is 4.74 Å². The molecule has 0 amide bonds. The van der Waals surface area contributed by atoms with E-state index in [0.29, 0.717) is 18.8 Å². The summed E-state index contributed by atoms with van der Waals surface area (Å²) in [6.07, 6.45) is 2.38. The van der Waals surface area contributed by atoms with Gasteiger partial charge in [-0.1, -0.05) is 27.7 Å². The minimum absolute atomic E-state index is 0.173. The average Bonchev–Trinajstić information content (AvgIpc) is 2.28. The van der Waals surface area contributed by atoms with Crippen molar-refractivity contribution in [2.75, 3.05) is 0 Å². The molecular weight excluding hydrogens is 252 g/mol. The first-order valence-corrected chi connectivity index (χ1v) is 7.08. The lowest BCUT2D eigenvalue weighted by molar-refractivity contribution is -0.163. The van der Waals surface area contributed by atoms with Crippen molar-refractivity contribution in [2.24, 2.45) is 11.3 Å². The molecule has 18 heavy (non-hydrogen) atoms. The van der Waals surface area contributed by atoms with Gasteiger partial charge in [0.2, 0.25) is 5.24 Å². The predicted molar refractivity (Wildman–Crippen MR) is 73.5 cm³/mol. The lowest BCUT2D eigenvalue weighted by Crippen LogP contribution is -2.39. The van der Waals surface area contributed by atoms with Crippen molar-refractivity contribution in [3.63, 3.8) is 0 Å². The van der Waals surface area contributed by atoms with E-state index in [-0.39, 0.29) is 6.10 Å². The van der Waals surface area contributed by atoms with Crippen molar-refractivity contribution in [1.82, 2.24) is 0 Å². The smallest absolute Gasteiger partial charge is 0.321 e. The van der Waals surface area contributed by atoms with Crippen molar-refractivity contribution in [3.8, 4) is 0 Å². The number of esters is 1. The predicted octanol–water partition coefficient (Wildman–Crippen LogP) is 3.93. The molecule has 0 aromatic heterocycles. The van der Waals surface area contributed by atoms with Gasteiger partial charge in [0.25, 0.3) is 0 Å². The Balaban J connectivity index is 4.57. The van der Waals surface area contributed by atoms with Crippen molar-refractivity contribution in [3.05, 3.63) is 0 Å². The molecule has 106 valence electrons. The second-order valence-corrected chi connectivity index (χ2v) is 5.59. The van der Waals surface area contributed by atoms with Gasteiger partial charge in [-0.05, 0) is 50.1 Å². The maximum Gasteiger partial charge on any atom is 0.321 e. The zero-order valence-corrected chi connectivity index (χ0v) is 12.8.